The second-order valence-electron chi connectivity index (χ2n) is 8.81. The highest BCUT2D eigenvalue weighted by Gasteiger charge is 2.38. The van der Waals surface area contributed by atoms with Crippen molar-refractivity contribution < 1.29 is 0 Å². The molecule has 3 aliphatic rings. The summed E-state index contributed by atoms with van der Waals surface area (Å²) in [4.78, 5) is 2.91. The van der Waals surface area contributed by atoms with Crippen molar-refractivity contribution in [2.24, 2.45) is 17.3 Å². The maximum Gasteiger partial charge on any atom is 0.0124 e. The maximum atomic E-state index is 3.63. The molecule has 0 aromatic heterocycles. The number of nitrogens with zero attached hydrogens (tertiary/aromatic N) is 1. The molecule has 3 fully saturated rings. The number of hydrogen-bond acceptors (Lipinski definition) is 2. The molecule has 122 valence electrons. The number of fused-ring (bicyclic) bond motifs is 1. The van der Waals surface area contributed by atoms with Crippen LogP contribution in [0.15, 0.2) is 0 Å². The number of nitrogens with one attached hydrogen (secondary N) is 1. The Morgan fingerprint density at radius 2 is 1.81 bits per heavy atom. The van der Waals surface area contributed by atoms with Crippen molar-refractivity contribution in [1.29, 1.82) is 0 Å². The van der Waals surface area contributed by atoms with E-state index >= 15 is 0 Å². The molecule has 0 aromatic carbocycles. The summed E-state index contributed by atoms with van der Waals surface area (Å²) < 4.78 is 0. The predicted octanol–water partition coefficient (Wildman–Crippen LogP) is 4.06. The third-order valence-corrected chi connectivity index (χ3v) is 6.71. The van der Waals surface area contributed by atoms with Crippen LogP contribution in [0, 0.1) is 17.3 Å². The van der Waals surface area contributed by atoms with E-state index in [-0.39, 0.29) is 0 Å². The molecule has 0 spiro atoms. The topological polar surface area (TPSA) is 15.3 Å². The van der Waals surface area contributed by atoms with E-state index in [1.807, 2.05) is 0 Å². The zero-order chi connectivity index (χ0) is 14.9. The normalized spacial score (nSPS) is 40.7. The van der Waals surface area contributed by atoms with Crippen LogP contribution in [0.3, 0.4) is 0 Å². The number of piperidine rings is 1. The van der Waals surface area contributed by atoms with Gasteiger partial charge in [0.25, 0.3) is 0 Å². The van der Waals surface area contributed by atoms with Crippen LogP contribution >= 0.6 is 0 Å². The van der Waals surface area contributed by atoms with Gasteiger partial charge in [-0.25, -0.2) is 0 Å². The molecule has 2 aliphatic carbocycles. The van der Waals surface area contributed by atoms with E-state index in [0.717, 1.165) is 23.9 Å². The predicted molar refractivity (Wildman–Crippen MR) is 90.5 cm³/mol. The van der Waals surface area contributed by atoms with Gasteiger partial charge in [-0.3, -0.25) is 4.90 Å². The van der Waals surface area contributed by atoms with Crippen molar-refractivity contribution in [1.82, 2.24) is 10.2 Å². The van der Waals surface area contributed by atoms with Crippen LogP contribution in [0.5, 0.6) is 0 Å². The molecule has 4 unspecified atom stereocenters. The van der Waals surface area contributed by atoms with E-state index in [1.165, 1.54) is 70.9 Å². The average molecular weight is 293 g/mol. The van der Waals surface area contributed by atoms with Crippen LogP contribution in [0.2, 0.25) is 0 Å². The van der Waals surface area contributed by atoms with E-state index in [9.17, 15) is 0 Å². The van der Waals surface area contributed by atoms with Crippen LogP contribution in [0.25, 0.3) is 0 Å². The lowest BCUT2D eigenvalue weighted by molar-refractivity contribution is 0.0235. The highest BCUT2D eigenvalue weighted by Crippen LogP contribution is 2.41. The zero-order valence-corrected chi connectivity index (χ0v) is 14.5. The van der Waals surface area contributed by atoms with Gasteiger partial charge in [-0.1, -0.05) is 26.7 Å². The first kappa shape index (κ1) is 15.8. The molecule has 3 rings (SSSR count). The average Bonchev–Trinajstić information content (AvgIpc) is 2.47. The van der Waals surface area contributed by atoms with Crippen molar-refractivity contribution in [3.63, 3.8) is 0 Å². The summed E-state index contributed by atoms with van der Waals surface area (Å²) in [5.74, 6) is 1.89. The van der Waals surface area contributed by atoms with Crippen LogP contribution in [-0.2, 0) is 0 Å². The van der Waals surface area contributed by atoms with Gasteiger partial charge in [0.05, 0.1) is 0 Å². The van der Waals surface area contributed by atoms with Crippen molar-refractivity contribution in [3.8, 4) is 0 Å². The first-order chi connectivity index (χ1) is 10.1. The Labute approximate surface area is 132 Å². The van der Waals surface area contributed by atoms with Crippen molar-refractivity contribution in [3.05, 3.63) is 0 Å². The van der Waals surface area contributed by atoms with E-state index in [2.05, 4.69) is 31.1 Å². The maximum absolute atomic E-state index is 3.63. The van der Waals surface area contributed by atoms with Crippen LogP contribution in [-0.4, -0.2) is 37.1 Å². The van der Waals surface area contributed by atoms with Crippen LogP contribution in [0.4, 0.5) is 0 Å². The van der Waals surface area contributed by atoms with Crippen molar-refractivity contribution in [2.45, 2.75) is 83.7 Å². The Kier molecular flexibility index (Phi) is 4.95. The summed E-state index contributed by atoms with van der Waals surface area (Å²) in [6, 6.07) is 1.68. The van der Waals surface area contributed by atoms with Gasteiger partial charge in [-0.05, 0) is 75.8 Å². The fourth-order valence-corrected chi connectivity index (χ4v) is 5.56. The van der Waals surface area contributed by atoms with Gasteiger partial charge in [-0.2, -0.15) is 0 Å². The fourth-order valence-electron chi connectivity index (χ4n) is 5.56. The van der Waals surface area contributed by atoms with Gasteiger partial charge < -0.3 is 5.32 Å². The third-order valence-electron chi connectivity index (χ3n) is 6.71. The molecule has 0 aromatic rings. The smallest absolute Gasteiger partial charge is 0.0124 e. The minimum absolute atomic E-state index is 0.555. The molecule has 0 bridgehead atoms. The largest absolute Gasteiger partial charge is 0.317 e. The lowest BCUT2D eigenvalue weighted by Crippen LogP contribution is -2.52. The Morgan fingerprint density at radius 1 is 1.05 bits per heavy atom. The van der Waals surface area contributed by atoms with Crippen LogP contribution < -0.4 is 5.32 Å². The first-order valence-electron chi connectivity index (χ1n) is 9.50. The van der Waals surface area contributed by atoms with Crippen molar-refractivity contribution >= 4 is 0 Å². The van der Waals surface area contributed by atoms with Gasteiger partial charge in [0, 0.05) is 18.6 Å². The summed E-state index contributed by atoms with van der Waals surface area (Å²) >= 11 is 0. The minimum atomic E-state index is 0.555. The van der Waals surface area contributed by atoms with E-state index in [4.69, 9.17) is 0 Å². The van der Waals surface area contributed by atoms with E-state index < -0.39 is 0 Å². The molecule has 4 atom stereocenters. The molecule has 2 nitrogen and oxygen atoms in total. The molecule has 1 heterocycles. The summed E-state index contributed by atoms with van der Waals surface area (Å²) in [5, 5.41) is 3.63. The van der Waals surface area contributed by atoms with Gasteiger partial charge in [0.2, 0.25) is 0 Å². The molecule has 1 saturated heterocycles. The monoisotopic (exact) mass is 292 g/mol. The summed E-state index contributed by atoms with van der Waals surface area (Å²) in [6.07, 6.45) is 13.1. The molecular formula is C19H36N2. The fraction of sp³-hybridized carbons (Fsp3) is 1.00. The molecule has 1 aliphatic heterocycles. The number of likely N-dealkylation sites (tertiary alicyclic amines) is 1. The number of rotatable bonds is 3. The molecule has 2 saturated carbocycles. The second-order valence-corrected chi connectivity index (χ2v) is 8.81. The number of hydrogen-bond donors (Lipinski definition) is 1. The Bertz CT molecular complexity index is 336. The molecule has 2 heteroatoms. The summed E-state index contributed by atoms with van der Waals surface area (Å²) in [7, 11) is 2.18. The second kappa shape index (κ2) is 6.58. The lowest BCUT2D eigenvalue weighted by atomic mass is 9.69. The molecule has 0 radical (unpaired) electrons. The highest BCUT2D eigenvalue weighted by molar-refractivity contribution is 4.93. The van der Waals surface area contributed by atoms with Crippen molar-refractivity contribution in [2.75, 3.05) is 20.1 Å². The Hall–Kier alpha value is -0.0800. The van der Waals surface area contributed by atoms with Gasteiger partial charge in [0.1, 0.15) is 0 Å². The molecular weight excluding hydrogens is 256 g/mol. The van der Waals surface area contributed by atoms with E-state index in [1.54, 1.807) is 0 Å². The van der Waals surface area contributed by atoms with Crippen LogP contribution in [0.1, 0.15) is 71.6 Å². The lowest BCUT2D eigenvalue weighted by Gasteiger charge is -2.48. The van der Waals surface area contributed by atoms with E-state index in [0.29, 0.717) is 5.41 Å². The highest BCUT2D eigenvalue weighted by atomic mass is 15.2. The molecule has 21 heavy (non-hydrogen) atoms. The van der Waals surface area contributed by atoms with Gasteiger partial charge in [0.15, 0.2) is 0 Å². The minimum Gasteiger partial charge on any atom is -0.317 e. The summed E-state index contributed by atoms with van der Waals surface area (Å²) in [5.41, 5.74) is 0.555. The SMILES string of the molecule is CNC1CCC(C)(C)CC1CN1CCCC2CCCCC21. The third kappa shape index (κ3) is 3.64. The summed E-state index contributed by atoms with van der Waals surface area (Å²) in [6.45, 7) is 7.68. The van der Waals surface area contributed by atoms with Gasteiger partial charge in [-0.15, -0.1) is 0 Å². The Balaban J connectivity index is 1.65. The molecule has 1 N–H and O–H groups in total. The molecule has 0 amide bonds. The quantitative estimate of drug-likeness (QED) is 0.844. The standard InChI is InChI=1S/C19H36N2/c1-19(2)11-10-17(20-3)16(13-19)14-21-12-6-8-15-7-4-5-9-18(15)21/h15-18,20H,4-14H2,1-3H3. The zero-order valence-electron chi connectivity index (χ0n) is 14.5. The Morgan fingerprint density at radius 3 is 2.62 bits per heavy atom. The van der Waals surface area contributed by atoms with Gasteiger partial charge >= 0.3 is 0 Å². The first-order valence-corrected chi connectivity index (χ1v) is 9.50.